The molecule has 1 fully saturated rings. The molecule has 4 heteroatoms. The maximum atomic E-state index is 13.5. The molecule has 0 aromatic rings. The van der Waals surface area contributed by atoms with Gasteiger partial charge in [0.15, 0.2) is 0 Å². The fourth-order valence-corrected chi connectivity index (χ4v) is 2.23. The van der Waals surface area contributed by atoms with E-state index in [1.54, 1.807) is 0 Å². The number of halogens is 1. The molecule has 0 aromatic heterocycles. The molecule has 1 saturated heterocycles. The van der Waals surface area contributed by atoms with Gasteiger partial charge in [0, 0.05) is 16.9 Å². The third-order valence-corrected chi connectivity index (χ3v) is 3.70. The van der Waals surface area contributed by atoms with Gasteiger partial charge in [-0.3, -0.25) is 0 Å². The molecule has 1 aliphatic heterocycles. The maximum Gasteiger partial charge on any atom is 0.261 e. The second-order valence-electron chi connectivity index (χ2n) is 3.61. The van der Waals surface area contributed by atoms with Gasteiger partial charge in [0.1, 0.15) is 6.17 Å². The molecule has 4 unspecified atom stereocenters. The van der Waals surface area contributed by atoms with Gasteiger partial charge in [-0.25, -0.2) is 4.39 Å². The summed E-state index contributed by atoms with van der Waals surface area (Å²) in [6.45, 7) is 2.63. The second-order valence-corrected chi connectivity index (χ2v) is 4.75. The lowest BCUT2D eigenvalue weighted by Gasteiger charge is -2.36. The number of alkyl halides is 1. The van der Waals surface area contributed by atoms with E-state index < -0.39 is 6.17 Å². The second kappa shape index (κ2) is 4.57. The van der Waals surface area contributed by atoms with Crippen molar-refractivity contribution in [3.05, 3.63) is 0 Å². The van der Waals surface area contributed by atoms with Crippen LogP contribution in [0.2, 0.25) is 0 Å². The standard InChI is InChI=1S/C8H15FNO.Al.2H/c1-2-3-6-4-11-5-7(10)8(6)9;;;/h5-8H,2-4,10H2,1H3;;;. The van der Waals surface area contributed by atoms with Crippen molar-refractivity contribution in [1.29, 1.82) is 0 Å². The van der Waals surface area contributed by atoms with E-state index in [4.69, 9.17) is 10.5 Å². The van der Waals surface area contributed by atoms with Crippen LogP contribution in [0.25, 0.3) is 0 Å². The van der Waals surface area contributed by atoms with Crippen molar-refractivity contribution in [3.8, 4) is 0 Å². The molecule has 70 valence electrons. The first kappa shape index (κ1) is 10.5. The van der Waals surface area contributed by atoms with Crippen LogP contribution in [-0.4, -0.2) is 40.1 Å². The van der Waals surface area contributed by atoms with Gasteiger partial charge in [0.25, 0.3) is 16.3 Å². The minimum Gasteiger partial charge on any atom is -0.392 e. The monoisotopic (exact) mass is 189 g/mol. The smallest absolute Gasteiger partial charge is 0.261 e. The summed E-state index contributed by atoms with van der Waals surface area (Å²) in [6, 6.07) is -0.373. The maximum absolute atomic E-state index is 13.5. The molecule has 0 amide bonds. The lowest BCUT2D eigenvalue weighted by Crippen LogP contribution is -2.53. The van der Waals surface area contributed by atoms with E-state index in [0.29, 0.717) is 6.61 Å². The summed E-state index contributed by atoms with van der Waals surface area (Å²) in [6.07, 6.45) is 1.05. The van der Waals surface area contributed by atoms with Gasteiger partial charge in [-0.05, 0) is 6.42 Å². The average molecular weight is 189 g/mol. The van der Waals surface area contributed by atoms with Crippen LogP contribution in [-0.2, 0) is 4.74 Å². The van der Waals surface area contributed by atoms with Crippen LogP contribution in [0.3, 0.4) is 0 Å². The summed E-state index contributed by atoms with van der Waals surface area (Å²) in [5.41, 5.74) is 5.68. The van der Waals surface area contributed by atoms with Crippen LogP contribution in [0.4, 0.5) is 4.39 Å². The molecule has 0 aliphatic carbocycles. The normalized spacial score (nSPS) is 42.9. The van der Waals surface area contributed by atoms with E-state index in [2.05, 4.69) is 6.92 Å². The fraction of sp³-hybridized carbons (Fsp3) is 1.00. The summed E-state index contributed by atoms with van der Waals surface area (Å²) in [7, 11) is 0. The molecule has 0 radical (unpaired) electrons. The highest BCUT2D eigenvalue weighted by Gasteiger charge is 2.35. The third kappa shape index (κ3) is 2.20. The Morgan fingerprint density at radius 3 is 2.92 bits per heavy atom. The third-order valence-electron chi connectivity index (χ3n) is 2.59. The Morgan fingerprint density at radius 2 is 2.33 bits per heavy atom. The topological polar surface area (TPSA) is 35.2 Å². The average Bonchev–Trinajstić information content (AvgIpc) is 2.07. The molecule has 2 N–H and O–H groups in total. The molecule has 0 spiro atoms. The first-order valence-corrected chi connectivity index (χ1v) is 5.83. The van der Waals surface area contributed by atoms with E-state index in [0.717, 1.165) is 29.1 Å². The minimum atomic E-state index is -0.846. The first-order chi connectivity index (χ1) is 5.66. The van der Waals surface area contributed by atoms with Gasteiger partial charge in [0.05, 0.1) is 6.61 Å². The van der Waals surface area contributed by atoms with Crippen molar-refractivity contribution < 1.29 is 9.13 Å². The van der Waals surface area contributed by atoms with Crippen LogP contribution in [0.1, 0.15) is 19.8 Å². The number of nitrogens with two attached hydrogens (primary N) is 1. The summed E-state index contributed by atoms with van der Waals surface area (Å²) in [4.78, 5) is 0.00751. The van der Waals surface area contributed by atoms with Gasteiger partial charge < -0.3 is 10.5 Å². The van der Waals surface area contributed by atoms with Crippen LogP contribution >= 0.6 is 0 Å². The molecular formula is C8H17AlFNO. The quantitative estimate of drug-likeness (QED) is 0.623. The Bertz CT molecular complexity index is 147. The Labute approximate surface area is 81.1 Å². The number of ether oxygens (including phenoxy) is 1. The Morgan fingerprint density at radius 1 is 1.67 bits per heavy atom. The summed E-state index contributed by atoms with van der Waals surface area (Å²) in [5, 5.41) is 0. The molecule has 4 atom stereocenters. The molecule has 1 rings (SSSR count). The van der Waals surface area contributed by atoms with E-state index in [9.17, 15) is 4.39 Å². The Balaban J connectivity index is 2.46. The van der Waals surface area contributed by atoms with Crippen molar-refractivity contribution in [2.45, 2.75) is 36.9 Å². The van der Waals surface area contributed by atoms with Crippen molar-refractivity contribution in [1.82, 2.24) is 0 Å². The van der Waals surface area contributed by atoms with E-state index in [1.165, 1.54) is 0 Å². The zero-order valence-corrected chi connectivity index (χ0v) is 9.79. The summed E-state index contributed by atoms with van der Waals surface area (Å²) in [5.74, 6) is 0.0372. The van der Waals surface area contributed by atoms with Crippen LogP contribution in [0, 0.1) is 5.92 Å². The van der Waals surface area contributed by atoms with E-state index in [-0.39, 0.29) is 16.9 Å². The van der Waals surface area contributed by atoms with Crippen LogP contribution < -0.4 is 5.73 Å². The largest absolute Gasteiger partial charge is 0.392 e. The minimum absolute atomic E-state index is 0.00751. The number of rotatable bonds is 2. The Hall–Kier alpha value is 0.382. The number of hydrogen-bond donors (Lipinski definition) is 1. The highest BCUT2D eigenvalue weighted by molar-refractivity contribution is 6.11. The van der Waals surface area contributed by atoms with Crippen molar-refractivity contribution in [2.75, 3.05) is 6.61 Å². The van der Waals surface area contributed by atoms with Crippen LogP contribution in [0.15, 0.2) is 0 Å². The van der Waals surface area contributed by atoms with Crippen LogP contribution in [0.5, 0.6) is 0 Å². The molecule has 12 heavy (non-hydrogen) atoms. The van der Waals surface area contributed by atoms with Crippen molar-refractivity contribution in [2.24, 2.45) is 11.7 Å². The highest BCUT2D eigenvalue weighted by Crippen LogP contribution is 2.24. The van der Waals surface area contributed by atoms with Crippen molar-refractivity contribution >= 4 is 16.3 Å². The lowest BCUT2D eigenvalue weighted by atomic mass is 9.92. The van der Waals surface area contributed by atoms with Gasteiger partial charge in [-0.1, -0.05) is 13.3 Å². The summed E-state index contributed by atoms with van der Waals surface area (Å²) >= 11 is 0.831. The van der Waals surface area contributed by atoms with Gasteiger partial charge in [-0.2, -0.15) is 0 Å². The molecule has 0 saturated carbocycles. The molecule has 0 aromatic carbocycles. The van der Waals surface area contributed by atoms with Gasteiger partial charge in [-0.15, -0.1) is 0 Å². The molecule has 1 aliphatic rings. The SMILES string of the molecule is CCCC1CO[CH]([AlH2])C(N)C1F. The van der Waals surface area contributed by atoms with E-state index in [1.807, 2.05) is 0 Å². The molecular weight excluding hydrogens is 172 g/mol. The first-order valence-electron chi connectivity index (χ1n) is 4.68. The zero-order chi connectivity index (χ0) is 9.14. The van der Waals surface area contributed by atoms with Gasteiger partial charge >= 0.3 is 0 Å². The lowest BCUT2D eigenvalue weighted by molar-refractivity contribution is -0.0374. The fourth-order valence-electron chi connectivity index (χ4n) is 1.66. The van der Waals surface area contributed by atoms with E-state index >= 15 is 0 Å². The van der Waals surface area contributed by atoms with Gasteiger partial charge in [0.2, 0.25) is 0 Å². The predicted octanol–water partition coefficient (Wildman–Crippen LogP) is 0.0575. The highest BCUT2D eigenvalue weighted by atomic mass is 27.0. The Kier molecular flexibility index (Phi) is 3.99. The summed E-state index contributed by atoms with van der Waals surface area (Å²) < 4.78 is 18.9. The number of hydrogen-bond acceptors (Lipinski definition) is 2. The molecule has 2 nitrogen and oxygen atoms in total. The van der Waals surface area contributed by atoms with Crippen molar-refractivity contribution in [3.63, 3.8) is 0 Å². The molecule has 1 heterocycles. The predicted molar refractivity (Wildman–Crippen MR) is 49.6 cm³/mol. The zero-order valence-electron chi connectivity index (χ0n) is 7.79. The molecule has 0 bridgehead atoms.